The van der Waals surface area contributed by atoms with Gasteiger partial charge in [-0.2, -0.15) is 0 Å². The molecule has 1 fully saturated rings. The lowest BCUT2D eigenvalue weighted by atomic mass is 10.1. The first kappa shape index (κ1) is 17.8. The first-order chi connectivity index (χ1) is 12.9. The minimum absolute atomic E-state index is 0.199. The molecule has 2 atom stereocenters. The lowest BCUT2D eigenvalue weighted by Crippen LogP contribution is -2.43. The minimum Gasteiger partial charge on any atom is -0.433 e. The van der Waals surface area contributed by atoms with Gasteiger partial charge in [0, 0.05) is 27.7 Å². The second-order valence-electron chi connectivity index (χ2n) is 6.35. The molecule has 0 bridgehead atoms. The Morgan fingerprint density at radius 1 is 1.11 bits per heavy atom. The number of nitrogens with zero attached hydrogens (tertiary/aromatic N) is 1. The van der Waals surface area contributed by atoms with E-state index in [1.54, 1.807) is 42.5 Å². The van der Waals surface area contributed by atoms with Gasteiger partial charge in [0.1, 0.15) is 6.04 Å². The summed E-state index contributed by atoms with van der Waals surface area (Å²) in [6.07, 6.45) is -0.373. The molecule has 2 heterocycles. The molecule has 2 amide bonds. The van der Waals surface area contributed by atoms with Gasteiger partial charge in [-0.05, 0) is 30.7 Å². The van der Waals surface area contributed by atoms with Gasteiger partial charge in [0.2, 0.25) is 18.0 Å². The number of amides is 2. The third-order valence-electron chi connectivity index (χ3n) is 4.61. The molecule has 8 heteroatoms. The van der Waals surface area contributed by atoms with Crippen molar-refractivity contribution in [2.24, 2.45) is 0 Å². The number of anilines is 1. The van der Waals surface area contributed by atoms with Crippen LogP contribution in [-0.2, 0) is 14.3 Å². The van der Waals surface area contributed by atoms with Crippen molar-refractivity contribution >= 4 is 46.7 Å². The molecule has 1 N–H and O–H groups in total. The number of benzene rings is 2. The lowest BCUT2D eigenvalue weighted by molar-refractivity contribution is -0.144. The predicted molar refractivity (Wildman–Crippen MR) is 99.6 cm³/mol. The lowest BCUT2D eigenvalue weighted by Gasteiger charge is -2.29. The average molecular weight is 405 g/mol. The Hall–Kier alpha value is -2.57. The van der Waals surface area contributed by atoms with Crippen LogP contribution < -0.4 is 5.32 Å². The third-order valence-corrected chi connectivity index (χ3v) is 5.04. The van der Waals surface area contributed by atoms with Crippen molar-refractivity contribution in [1.29, 1.82) is 0 Å². The normalized spacial score (nSPS) is 21.2. The van der Waals surface area contributed by atoms with Crippen LogP contribution >= 0.6 is 23.2 Å². The summed E-state index contributed by atoms with van der Waals surface area (Å²) in [7, 11) is 0. The van der Waals surface area contributed by atoms with Gasteiger partial charge in [-0.25, -0.2) is 4.79 Å². The Morgan fingerprint density at radius 2 is 1.81 bits per heavy atom. The maximum Gasteiger partial charge on any atom is 0.340 e. The highest BCUT2D eigenvalue weighted by atomic mass is 35.5. The van der Waals surface area contributed by atoms with E-state index in [0.717, 1.165) is 0 Å². The summed E-state index contributed by atoms with van der Waals surface area (Å²) in [6, 6.07) is 10.8. The van der Waals surface area contributed by atoms with Crippen LogP contribution in [0.15, 0.2) is 42.5 Å². The van der Waals surface area contributed by atoms with Crippen molar-refractivity contribution in [2.45, 2.75) is 25.1 Å². The monoisotopic (exact) mass is 404 g/mol. The molecule has 2 aliphatic heterocycles. The summed E-state index contributed by atoms with van der Waals surface area (Å²) in [5.41, 5.74) is 1.42. The standard InChI is InChI=1S/C19H14Cl2N2O4/c20-10-7-11(21)9-12(8-10)22-17(25)15-5-6-16(24)23(15)18-13-3-1-2-4-14(13)19(26)27-18/h1-4,7-9,15,18H,5-6H2,(H,22,25). The summed E-state index contributed by atoms with van der Waals surface area (Å²) in [6.45, 7) is 0. The Kier molecular flexibility index (Phi) is 4.53. The van der Waals surface area contributed by atoms with E-state index in [-0.39, 0.29) is 18.2 Å². The fourth-order valence-corrected chi connectivity index (χ4v) is 3.96. The van der Waals surface area contributed by atoms with E-state index in [1.165, 1.54) is 4.90 Å². The van der Waals surface area contributed by atoms with Crippen LogP contribution in [0.5, 0.6) is 0 Å². The number of carbonyl (C=O) groups is 3. The molecule has 2 aromatic carbocycles. The Labute approximate surface area is 165 Å². The van der Waals surface area contributed by atoms with Gasteiger partial charge in [-0.15, -0.1) is 0 Å². The van der Waals surface area contributed by atoms with Crippen LogP contribution in [-0.4, -0.2) is 28.7 Å². The molecule has 2 aliphatic rings. The molecule has 0 aromatic heterocycles. The zero-order valence-corrected chi connectivity index (χ0v) is 15.5. The zero-order chi connectivity index (χ0) is 19.1. The molecule has 4 rings (SSSR count). The van der Waals surface area contributed by atoms with Gasteiger partial charge in [0.25, 0.3) is 0 Å². The quantitative estimate of drug-likeness (QED) is 0.789. The van der Waals surface area contributed by atoms with E-state index in [2.05, 4.69) is 5.32 Å². The number of hydrogen-bond donors (Lipinski definition) is 1. The molecule has 0 radical (unpaired) electrons. The first-order valence-electron chi connectivity index (χ1n) is 8.32. The highest BCUT2D eigenvalue weighted by Gasteiger charge is 2.46. The number of likely N-dealkylation sites (tertiary alicyclic amines) is 1. The number of nitrogens with one attached hydrogen (secondary N) is 1. The van der Waals surface area contributed by atoms with Gasteiger partial charge < -0.3 is 10.1 Å². The van der Waals surface area contributed by atoms with Gasteiger partial charge in [0.05, 0.1) is 5.56 Å². The molecule has 2 unspecified atom stereocenters. The number of ether oxygens (including phenoxy) is 1. The van der Waals surface area contributed by atoms with E-state index >= 15 is 0 Å². The average Bonchev–Trinajstić information content (AvgIpc) is 3.14. The second-order valence-corrected chi connectivity index (χ2v) is 7.22. The molecule has 138 valence electrons. The zero-order valence-electron chi connectivity index (χ0n) is 13.9. The second kappa shape index (κ2) is 6.87. The third kappa shape index (κ3) is 3.26. The number of esters is 1. The number of carbonyl (C=O) groups excluding carboxylic acids is 3. The molecular weight excluding hydrogens is 391 g/mol. The van der Waals surface area contributed by atoms with Crippen LogP contribution in [0.3, 0.4) is 0 Å². The summed E-state index contributed by atoms with van der Waals surface area (Å²) in [4.78, 5) is 38.7. The molecule has 0 spiro atoms. The SMILES string of the molecule is O=C1OC(N2C(=O)CCC2C(=O)Nc2cc(Cl)cc(Cl)c2)c2ccccc21. The summed E-state index contributed by atoms with van der Waals surface area (Å²) < 4.78 is 5.40. The topological polar surface area (TPSA) is 75.7 Å². The summed E-state index contributed by atoms with van der Waals surface area (Å²) in [5.74, 6) is -1.13. The number of fused-ring (bicyclic) bond motifs is 1. The smallest absolute Gasteiger partial charge is 0.340 e. The van der Waals surface area contributed by atoms with Crippen molar-refractivity contribution < 1.29 is 19.1 Å². The fourth-order valence-electron chi connectivity index (χ4n) is 3.44. The molecule has 0 saturated carbocycles. The number of cyclic esters (lactones) is 1. The van der Waals surface area contributed by atoms with Gasteiger partial charge >= 0.3 is 5.97 Å². The predicted octanol–water partition coefficient (Wildman–Crippen LogP) is 3.79. The van der Waals surface area contributed by atoms with Crippen LogP contribution in [0.25, 0.3) is 0 Å². The van der Waals surface area contributed by atoms with E-state index in [4.69, 9.17) is 27.9 Å². The molecule has 6 nitrogen and oxygen atoms in total. The van der Waals surface area contributed by atoms with Crippen molar-refractivity contribution in [2.75, 3.05) is 5.32 Å². The van der Waals surface area contributed by atoms with E-state index in [0.29, 0.717) is 33.3 Å². The molecule has 0 aliphatic carbocycles. The molecule has 27 heavy (non-hydrogen) atoms. The van der Waals surface area contributed by atoms with Crippen molar-refractivity contribution in [3.05, 3.63) is 63.6 Å². The van der Waals surface area contributed by atoms with Crippen molar-refractivity contribution in [1.82, 2.24) is 4.90 Å². The van der Waals surface area contributed by atoms with Crippen molar-refractivity contribution in [3.63, 3.8) is 0 Å². The van der Waals surface area contributed by atoms with Crippen molar-refractivity contribution in [3.8, 4) is 0 Å². The van der Waals surface area contributed by atoms with Gasteiger partial charge in [0.15, 0.2) is 0 Å². The Morgan fingerprint density at radius 3 is 2.56 bits per heavy atom. The number of halogens is 2. The number of hydrogen-bond acceptors (Lipinski definition) is 4. The van der Waals surface area contributed by atoms with Crippen LogP contribution in [0.2, 0.25) is 10.0 Å². The minimum atomic E-state index is -0.901. The van der Waals surface area contributed by atoms with Crippen LogP contribution in [0.1, 0.15) is 35.0 Å². The fraction of sp³-hybridized carbons (Fsp3) is 0.211. The van der Waals surface area contributed by atoms with E-state index < -0.39 is 18.2 Å². The maximum atomic E-state index is 12.8. The molecule has 1 saturated heterocycles. The number of rotatable bonds is 3. The largest absolute Gasteiger partial charge is 0.433 e. The van der Waals surface area contributed by atoms with E-state index in [1.807, 2.05) is 0 Å². The molecular formula is C19H14Cl2N2O4. The molecule has 2 aromatic rings. The first-order valence-corrected chi connectivity index (χ1v) is 9.07. The highest BCUT2D eigenvalue weighted by Crippen LogP contribution is 2.38. The van der Waals surface area contributed by atoms with Crippen LogP contribution in [0, 0.1) is 0 Å². The summed E-state index contributed by atoms with van der Waals surface area (Å²) >= 11 is 11.9. The van der Waals surface area contributed by atoms with Gasteiger partial charge in [-0.3, -0.25) is 14.5 Å². The Balaban J connectivity index is 1.60. The Bertz CT molecular complexity index is 942. The van der Waals surface area contributed by atoms with E-state index in [9.17, 15) is 14.4 Å². The maximum absolute atomic E-state index is 12.8. The highest BCUT2D eigenvalue weighted by molar-refractivity contribution is 6.35. The van der Waals surface area contributed by atoms with Crippen LogP contribution in [0.4, 0.5) is 5.69 Å². The van der Waals surface area contributed by atoms with Gasteiger partial charge in [-0.1, -0.05) is 41.4 Å². The summed E-state index contributed by atoms with van der Waals surface area (Å²) in [5, 5.41) is 3.50.